The van der Waals surface area contributed by atoms with Gasteiger partial charge in [0.25, 0.3) is 0 Å². The maximum absolute atomic E-state index is 13.4. The molecular weight excluding hydrogens is 516 g/mol. The van der Waals surface area contributed by atoms with Crippen LogP contribution in [0.3, 0.4) is 0 Å². The SMILES string of the molecule is COc1c(NCC(=O)Nc2ccc(CSc3ccccc3)cc2)cc(C)cc1S(=O)(=O)c1ccc(C)cc1. The number of anilines is 2. The van der Waals surface area contributed by atoms with Gasteiger partial charge in [-0.3, -0.25) is 4.79 Å². The second-order valence-corrected chi connectivity index (χ2v) is 11.8. The van der Waals surface area contributed by atoms with Gasteiger partial charge < -0.3 is 15.4 Å². The Balaban J connectivity index is 1.42. The molecule has 0 spiro atoms. The summed E-state index contributed by atoms with van der Waals surface area (Å²) in [6, 6.07) is 27.9. The van der Waals surface area contributed by atoms with Crippen molar-refractivity contribution in [1.29, 1.82) is 0 Å². The van der Waals surface area contributed by atoms with Crippen molar-refractivity contribution >= 4 is 38.9 Å². The van der Waals surface area contributed by atoms with Gasteiger partial charge in [-0.1, -0.05) is 48.0 Å². The normalized spacial score (nSPS) is 11.1. The van der Waals surface area contributed by atoms with Crippen LogP contribution in [-0.2, 0) is 20.4 Å². The lowest BCUT2D eigenvalue weighted by atomic mass is 10.2. The number of aryl methyl sites for hydroxylation is 2. The van der Waals surface area contributed by atoms with E-state index in [1.165, 1.54) is 12.0 Å². The van der Waals surface area contributed by atoms with E-state index in [9.17, 15) is 13.2 Å². The molecule has 0 bridgehead atoms. The van der Waals surface area contributed by atoms with Crippen LogP contribution in [0, 0.1) is 13.8 Å². The molecule has 196 valence electrons. The quantitative estimate of drug-likeness (QED) is 0.221. The number of nitrogens with one attached hydrogen (secondary N) is 2. The molecule has 0 fully saturated rings. The fourth-order valence-electron chi connectivity index (χ4n) is 3.87. The maximum Gasteiger partial charge on any atom is 0.243 e. The predicted molar refractivity (Wildman–Crippen MR) is 154 cm³/mol. The van der Waals surface area contributed by atoms with Crippen molar-refractivity contribution in [2.24, 2.45) is 0 Å². The summed E-state index contributed by atoms with van der Waals surface area (Å²) in [7, 11) is -2.41. The van der Waals surface area contributed by atoms with Crippen LogP contribution in [0.4, 0.5) is 11.4 Å². The Morgan fingerprint density at radius 3 is 2.21 bits per heavy atom. The van der Waals surface area contributed by atoms with Gasteiger partial charge in [0.15, 0.2) is 5.75 Å². The van der Waals surface area contributed by atoms with Crippen molar-refractivity contribution < 1.29 is 17.9 Å². The highest BCUT2D eigenvalue weighted by molar-refractivity contribution is 7.98. The maximum atomic E-state index is 13.4. The zero-order valence-electron chi connectivity index (χ0n) is 21.5. The first-order chi connectivity index (χ1) is 18.3. The molecule has 0 aliphatic carbocycles. The Morgan fingerprint density at radius 1 is 0.868 bits per heavy atom. The van der Waals surface area contributed by atoms with E-state index >= 15 is 0 Å². The number of rotatable bonds is 10. The van der Waals surface area contributed by atoms with Gasteiger partial charge in [-0.2, -0.15) is 0 Å². The summed E-state index contributed by atoms with van der Waals surface area (Å²) >= 11 is 1.75. The highest BCUT2D eigenvalue weighted by atomic mass is 32.2. The summed E-state index contributed by atoms with van der Waals surface area (Å²) < 4.78 is 32.3. The number of thioether (sulfide) groups is 1. The first kappa shape index (κ1) is 27.3. The molecule has 0 atom stereocenters. The number of hydrogen-bond donors (Lipinski definition) is 2. The predicted octanol–water partition coefficient (Wildman–Crippen LogP) is 6.49. The number of hydrogen-bond acceptors (Lipinski definition) is 6. The molecule has 0 saturated carbocycles. The van der Waals surface area contributed by atoms with Crippen molar-refractivity contribution in [3.05, 3.63) is 108 Å². The highest BCUT2D eigenvalue weighted by Crippen LogP contribution is 2.37. The van der Waals surface area contributed by atoms with E-state index in [2.05, 4.69) is 22.8 Å². The van der Waals surface area contributed by atoms with Crippen molar-refractivity contribution in [1.82, 2.24) is 0 Å². The molecule has 38 heavy (non-hydrogen) atoms. The van der Waals surface area contributed by atoms with Gasteiger partial charge in [0, 0.05) is 16.3 Å². The summed E-state index contributed by atoms with van der Waals surface area (Å²) in [5, 5.41) is 5.92. The molecule has 0 aliphatic rings. The zero-order chi connectivity index (χ0) is 27.1. The number of benzene rings is 4. The average molecular weight is 547 g/mol. The summed E-state index contributed by atoms with van der Waals surface area (Å²) in [5.41, 5.74) is 3.96. The summed E-state index contributed by atoms with van der Waals surface area (Å²) in [6.45, 7) is 3.64. The zero-order valence-corrected chi connectivity index (χ0v) is 23.2. The number of amides is 1. The molecule has 0 aromatic heterocycles. The van der Waals surface area contributed by atoms with Gasteiger partial charge in [-0.25, -0.2) is 8.42 Å². The largest absolute Gasteiger partial charge is 0.493 e. The van der Waals surface area contributed by atoms with Gasteiger partial charge in [0.2, 0.25) is 15.7 Å². The second-order valence-electron chi connectivity index (χ2n) is 8.86. The van der Waals surface area contributed by atoms with Crippen molar-refractivity contribution in [2.75, 3.05) is 24.3 Å². The topological polar surface area (TPSA) is 84.5 Å². The van der Waals surface area contributed by atoms with E-state index in [4.69, 9.17) is 4.74 Å². The molecule has 4 aromatic carbocycles. The lowest BCUT2D eigenvalue weighted by Gasteiger charge is -2.17. The summed E-state index contributed by atoms with van der Waals surface area (Å²) in [4.78, 5) is 14.1. The third kappa shape index (κ3) is 6.76. The van der Waals surface area contributed by atoms with E-state index in [-0.39, 0.29) is 28.0 Å². The minimum atomic E-state index is -3.82. The van der Waals surface area contributed by atoms with Crippen LogP contribution in [0.2, 0.25) is 0 Å². The molecular formula is C30H30N2O4S2. The van der Waals surface area contributed by atoms with Crippen LogP contribution >= 0.6 is 11.8 Å². The second kappa shape index (κ2) is 12.2. The van der Waals surface area contributed by atoms with Gasteiger partial charge >= 0.3 is 0 Å². The molecule has 4 aromatic rings. The van der Waals surface area contributed by atoms with E-state index in [1.54, 1.807) is 55.1 Å². The van der Waals surface area contributed by atoms with Crippen molar-refractivity contribution in [3.8, 4) is 5.75 Å². The van der Waals surface area contributed by atoms with Crippen LogP contribution in [-0.4, -0.2) is 28.0 Å². The van der Waals surface area contributed by atoms with E-state index in [0.717, 1.165) is 22.4 Å². The Hall–Kier alpha value is -3.75. The van der Waals surface area contributed by atoms with Gasteiger partial charge in [-0.15, -0.1) is 11.8 Å². The molecule has 8 heteroatoms. The Kier molecular flexibility index (Phi) is 8.76. The molecule has 0 aliphatic heterocycles. The van der Waals surface area contributed by atoms with Crippen LogP contribution in [0.25, 0.3) is 0 Å². The fraction of sp³-hybridized carbons (Fsp3) is 0.167. The van der Waals surface area contributed by atoms with Crippen molar-refractivity contribution in [3.63, 3.8) is 0 Å². The number of carbonyl (C=O) groups excluding carboxylic acids is 1. The van der Waals surface area contributed by atoms with Gasteiger partial charge in [0.1, 0.15) is 4.90 Å². The first-order valence-corrected chi connectivity index (χ1v) is 14.5. The van der Waals surface area contributed by atoms with E-state index in [1.807, 2.05) is 49.4 Å². The Morgan fingerprint density at radius 2 is 1.55 bits per heavy atom. The Labute approximate surface area is 228 Å². The van der Waals surface area contributed by atoms with E-state index < -0.39 is 9.84 Å². The summed E-state index contributed by atoms with van der Waals surface area (Å²) in [6.07, 6.45) is 0. The monoisotopic (exact) mass is 546 g/mol. The molecule has 2 N–H and O–H groups in total. The molecule has 1 amide bonds. The minimum absolute atomic E-state index is 0.0516. The van der Waals surface area contributed by atoms with Crippen LogP contribution in [0.15, 0.2) is 106 Å². The molecule has 0 radical (unpaired) electrons. The molecule has 0 heterocycles. The fourth-order valence-corrected chi connectivity index (χ4v) is 6.28. The number of carbonyl (C=O) groups is 1. The third-order valence-corrected chi connectivity index (χ3v) is 8.71. The third-order valence-electron chi connectivity index (χ3n) is 5.85. The van der Waals surface area contributed by atoms with Crippen molar-refractivity contribution in [2.45, 2.75) is 34.3 Å². The molecule has 6 nitrogen and oxygen atoms in total. The minimum Gasteiger partial charge on any atom is -0.493 e. The van der Waals surface area contributed by atoms with E-state index in [0.29, 0.717) is 11.4 Å². The van der Waals surface area contributed by atoms with Gasteiger partial charge in [-0.05, 0) is 73.5 Å². The van der Waals surface area contributed by atoms with Crippen LogP contribution < -0.4 is 15.4 Å². The molecule has 0 saturated heterocycles. The number of sulfone groups is 1. The van der Waals surface area contributed by atoms with Crippen LogP contribution in [0.1, 0.15) is 16.7 Å². The number of methoxy groups -OCH3 is 1. The molecule has 4 rings (SSSR count). The summed E-state index contributed by atoms with van der Waals surface area (Å²) in [5.74, 6) is 0.744. The lowest BCUT2D eigenvalue weighted by molar-refractivity contribution is -0.114. The Bertz CT molecular complexity index is 1500. The highest BCUT2D eigenvalue weighted by Gasteiger charge is 2.25. The smallest absolute Gasteiger partial charge is 0.243 e. The van der Waals surface area contributed by atoms with Crippen LogP contribution in [0.5, 0.6) is 5.75 Å². The standard InChI is InChI=1S/C30H30N2O4S2/c1-21-9-15-26(16-10-21)38(34,35)28-18-22(2)17-27(30(28)36-3)31-19-29(33)32-24-13-11-23(12-14-24)20-37-25-7-5-4-6-8-25/h4-18,31H,19-20H2,1-3H3,(H,32,33). The first-order valence-electron chi connectivity index (χ1n) is 12.1. The molecule has 0 unspecified atom stereocenters. The lowest BCUT2D eigenvalue weighted by Crippen LogP contribution is -2.22. The van der Waals surface area contributed by atoms with Gasteiger partial charge in [0.05, 0.1) is 24.2 Å². The number of ether oxygens (including phenoxy) is 1. The average Bonchev–Trinajstić information content (AvgIpc) is 2.92.